The predicted octanol–water partition coefficient (Wildman–Crippen LogP) is 3.25. The van der Waals surface area contributed by atoms with Gasteiger partial charge in [0.2, 0.25) is 11.9 Å². The standard InChI is InChI=1S/C19H24N6O/c26-18(14-5-1-2-6-14)25-10-4-3-7-17(25)16-8-9-22-19(24-16)23-15-11-20-13-21-12-15/h8-9,11-14,17H,1-7,10H2,(H,22,23,24)/t17-/m1/s1. The highest BCUT2D eigenvalue weighted by Gasteiger charge is 2.34. The van der Waals surface area contributed by atoms with E-state index in [1.54, 1.807) is 18.6 Å². The van der Waals surface area contributed by atoms with Gasteiger partial charge in [-0.3, -0.25) is 4.79 Å². The number of likely N-dealkylation sites (tertiary alicyclic amines) is 1. The molecule has 136 valence electrons. The van der Waals surface area contributed by atoms with Crippen molar-refractivity contribution >= 4 is 17.5 Å². The molecule has 7 heteroatoms. The van der Waals surface area contributed by atoms with Crippen molar-refractivity contribution in [3.05, 3.63) is 36.7 Å². The van der Waals surface area contributed by atoms with Gasteiger partial charge in [0.15, 0.2) is 0 Å². The highest BCUT2D eigenvalue weighted by molar-refractivity contribution is 5.79. The van der Waals surface area contributed by atoms with Crippen LogP contribution in [0.5, 0.6) is 0 Å². The van der Waals surface area contributed by atoms with E-state index in [1.165, 1.54) is 19.2 Å². The molecular formula is C19H24N6O. The summed E-state index contributed by atoms with van der Waals surface area (Å²) in [5.74, 6) is 1.03. The van der Waals surface area contributed by atoms with Gasteiger partial charge in [-0.2, -0.15) is 0 Å². The van der Waals surface area contributed by atoms with Crippen molar-refractivity contribution in [1.82, 2.24) is 24.8 Å². The van der Waals surface area contributed by atoms with Gasteiger partial charge in [-0.1, -0.05) is 12.8 Å². The van der Waals surface area contributed by atoms with Crippen LogP contribution in [-0.2, 0) is 4.79 Å². The fourth-order valence-corrected chi connectivity index (χ4v) is 4.02. The largest absolute Gasteiger partial charge is 0.334 e. The summed E-state index contributed by atoms with van der Waals surface area (Å²) in [5, 5.41) is 3.13. The minimum absolute atomic E-state index is 0.0485. The number of amides is 1. The molecular weight excluding hydrogens is 328 g/mol. The van der Waals surface area contributed by atoms with Gasteiger partial charge in [0.05, 0.1) is 29.8 Å². The minimum atomic E-state index is 0.0485. The van der Waals surface area contributed by atoms with E-state index in [0.29, 0.717) is 11.9 Å². The Labute approximate surface area is 153 Å². The number of hydrogen-bond acceptors (Lipinski definition) is 6. The second kappa shape index (κ2) is 7.76. The third kappa shape index (κ3) is 3.66. The predicted molar refractivity (Wildman–Crippen MR) is 97.6 cm³/mol. The van der Waals surface area contributed by atoms with Gasteiger partial charge in [-0.05, 0) is 38.2 Å². The molecule has 1 aliphatic carbocycles. The average Bonchev–Trinajstić information content (AvgIpc) is 3.23. The number of carbonyl (C=O) groups excluding carboxylic acids is 1. The third-order valence-electron chi connectivity index (χ3n) is 5.33. The molecule has 1 atom stereocenters. The molecule has 2 fully saturated rings. The quantitative estimate of drug-likeness (QED) is 0.909. The van der Waals surface area contributed by atoms with Crippen LogP contribution in [0.2, 0.25) is 0 Å². The monoisotopic (exact) mass is 352 g/mol. The van der Waals surface area contributed by atoms with Crippen molar-refractivity contribution in [2.24, 2.45) is 5.92 Å². The van der Waals surface area contributed by atoms with Gasteiger partial charge in [0.25, 0.3) is 0 Å². The Morgan fingerprint density at radius 3 is 2.65 bits per heavy atom. The molecule has 26 heavy (non-hydrogen) atoms. The smallest absolute Gasteiger partial charge is 0.227 e. The van der Waals surface area contributed by atoms with Crippen LogP contribution in [0.1, 0.15) is 56.7 Å². The lowest BCUT2D eigenvalue weighted by molar-refractivity contribution is -0.139. The first-order valence-corrected chi connectivity index (χ1v) is 9.47. The van der Waals surface area contributed by atoms with E-state index >= 15 is 0 Å². The van der Waals surface area contributed by atoms with Crippen LogP contribution >= 0.6 is 0 Å². The molecule has 1 aliphatic heterocycles. The second-order valence-electron chi connectivity index (χ2n) is 7.08. The SMILES string of the molecule is O=C(C1CCCC1)N1CCCC[C@@H]1c1ccnc(Nc2cncnc2)n1. The van der Waals surface area contributed by atoms with Crippen LogP contribution in [0.25, 0.3) is 0 Å². The molecule has 2 aromatic heterocycles. The molecule has 1 N–H and O–H groups in total. The number of nitrogens with zero attached hydrogens (tertiary/aromatic N) is 5. The first-order valence-electron chi connectivity index (χ1n) is 9.47. The van der Waals surface area contributed by atoms with Crippen molar-refractivity contribution in [1.29, 1.82) is 0 Å². The average molecular weight is 352 g/mol. The molecule has 2 aliphatic rings. The summed E-state index contributed by atoms with van der Waals surface area (Å²) < 4.78 is 0. The van der Waals surface area contributed by atoms with Crippen molar-refractivity contribution in [3.63, 3.8) is 0 Å². The maximum atomic E-state index is 13.0. The van der Waals surface area contributed by atoms with E-state index < -0.39 is 0 Å². The number of carbonyl (C=O) groups is 1. The van der Waals surface area contributed by atoms with Gasteiger partial charge in [0, 0.05) is 18.7 Å². The highest BCUT2D eigenvalue weighted by Crippen LogP contribution is 2.35. The Balaban J connectivity index is 1.54. The van der Waals surface area contributed by atoms with Crippen LogP contribution in [-0.4, -0.2) is 37.3 Å². The van der Waals surface area contributed by atoms with Crippen molar-refractivity contribution in [2.75, 3.05) is 11.9 Å². The Kier molecular flexibility index (Phi) is 5.04. The molecule has 2 aromatic rings. The topological polar surface area (TPSA) is 83.9 Å². The maximum absolute atomic E-state index is 13.0. The molecule has 7 nitrogen and oxygen atoms in total. The van der Waals surface area contributed by atoms with Gasteiger partial charge in [-0.25, -0.2) is 19.9 Å². The van der Waals surface area contributed by atoms with Gasteiger partial charge in [-0.15, -0.1) is 0 Å². The van der Waals surface area contributed by atoms with Gasteiger partial charge < -0.3 is 10.2 Å². The summed E-state index contributed by atoms with van der Waals surface area (Å²) in [4.78, 5) is 32.0. The molecule has 0 bridgehead atoms. The lowest BCUT2D eigenvalue weighted by Gasteiger charge is -2.37. The summed E-state index contributed by atoms with van der Waals surface area (Å²) in [6.45, 7) is 0.833. The molecule has 0 unspecified atom stereocenters. The number of nitrogens with one attached hydrogen (secondary N) is 1. The van der Waals surface area contributed by atoms with Crippen LogP contribution in [0.15, 0.2) is 31.0 Å². The van der Waals surface area contributed by atoms with Gasteiger partial charge in [0.1, 0.15) is 6.33 Å². The Morgan fingerprint density at radius 1 is 1.08 bits per heavy atom. The summed E-state index contributed by atoms with van der Waals surface area (Å²) in [5.41, 5.74) is 1.65. The van der Waals surface area contributed by atoms with Gasteiger partial charge >= 0.3 is 0 Å². The Morgan fingerprint density at radius 2 is 1.85 bits per heavy atom. The zero-order valence-corrected chi connectivity index (χ0v) is 14.8. The number of rotatable bonds is 4. The van der Waals surface area contributed by atoms with Crippen LogP contribution in [0, 0.1) is 5.92 Å². The van der Waals surface area contributed by atoms with E-state index in [1.807, 2.05) is 6.07 Å². The highest BCUT2D eigenvalue weighted by atomic mass is 16.2. The lowest BCUT2D eigenvalue weighted by Crippen LogP contribution is -2.41. The van der Waals surface area contributed by atoms with Crippen LogP contribution in [0.4, 0.5) is 11.6 Å². The number of hydrogen-bond donors (Lipinski definition) is 1. The second-order valence-corrected chi connectivity index (χ2v) is 7.08. The molecule has 0 aromatic carbocycles. The maximum Gasteiger partial charge on any atom is 0.227 e. The van der Waals surface area contributed by atoms with Crippen LogP contribution in [0.3, 0.4) is 0 Å². The molecule has 0 radical (unpaired) electrons. The van der Waals surface area contributed by atoms with E-state index in [4.69, 9.17) is 0 Å². The van der Waals surface area contributed by atoms with E-state index in [2.05, 4.69) is 30.2 Å². The Bertz CT molecular complexity index is 747. The molecule has 4 rings (SSSR count). The van der Waals surface area contributed by atoms with E-state index in [0.717, 1.165) is 50.0 Å². The fourth-order valence-electron chi connectivity index (χ4n) is 4.02. The first-order chi connectivity index (χ1) is 12.8. The van der Waals surface area contributed by atoms with Crippen molar-refractivity contribution in [3.8, 4) is 0 Å². The zero-order chi connectivity index (χ0) is 17.8. The summed E-state index contributed by atoms with van der Waals surface area (Å²) in [6, 6.07) is 1.98. The molecule has 1 amide bonds. The molecule has 1 saturated carbocycles. The third-order valence-corrected chi connectivity index (χ3v) is 5.33. The summed E-state index contributed by atoms with van der Waals surface area (Å²) >= 11 is 0. The summed E-state index contributed by atoms with van der Waals surface area (Å²) in [6.07, 6.45) is 14.2. The molecule has 3 heterocycles. The number of piperidine rings is 1. The van der Waals surface area contributed by atoms with E-state index in [-0.39, 0.29) is 12.0 Å². The fraction of sp³-hybridized carbons (Fsp3) is 0.526. The van der Waals surface area contributed by atoms with Crippen molar-refractivity contribution in [2.45, 2.75) is 51.0 Å². The zero-order valence-electron chi connectivity index (χ0n) is 14.8. The normalized spacial score (nSPS) is 20.9. The minimum Gasteiger partial charge on any atom is -0.334 e. The van der Waals surface area contributed by atoms with Crippen molar-refractivity contribution < 1.29 is 4.79 Å². The lowest BCUT2D eigenvalue weighted by atomic mass is 9.96. The molecule has 1 saturated heterocycles. The molecule has 0 spiro atoms. The number of anilines is 2. The van der Waals surface area contributed by atoms with Crippen LogP contribution < -0.4 is 5.32 Å². The first kappa shape index (κ1) is 16.9. The summed E-state index contributed by atoms with van der Waals surface area (Å²) in [7, 11) is 0. The van der Waals surface area contributed by atoms with E-state index in [9.17, 15) is 4.79 Å². The Hall–Kier alpha value is -2.57. The number of aromatic nitrogens is 4.